The van der Waals surface area contributed by atoms with Crippen molar-refractivity contribution >= 4 is 5.57 Å². The van der Waals surface area contributed by atoms with Crippen molar-refractivity contribution in [2.75, 3.05) is 0 Å². The fourth-order valence-corrected chi connectivity index (χ4v) is 3.13. The molecule has 0 saturated heterocycles. The molecule has 0 aliphatic heterocycles. The maximum absolute atomic E-state index is 2.35. The van der Waals surface area contributed by atoms with Crippen LogP contribution in [0.1, 0.15) is 24.0 Å². The molecule has 2 aromatic carbocycles. The predicted octanol–water partition coefficient (Wildman–Crippen LogP) is 5.71. The maximum atomic E-state index is 2.35. The van der Waals surface area contributed by atoms with Crippen LogP contribution in [0.5, 0.6) is 0 Å². The Labute approximate surface area is 126 Å². The number of hydrogen-bond donors (Lipinski definition) is 0. The molecule has 2 aliphatic carbocycles. The summed E-state index contributed by atoms with van der Waals surface area (Å²) in [6.45, 7) is 2.12. The van der Waals surface area contributed by atoms with Crippen LogP contribution < -0.4 is 0 Å². The normalized spacial score (nSPS) is 16.3. The quantitative estimate of drug-likeness (QED) is 0.656. The van der Waals surface area contributed by atoms with Gasteiger partial charge in [-0.1, -0.05) is 66.2 Å². The third-order valence-corrected chi connectivity index (χ3v) is 4.39. The number of aryl methyl sites for hydroxylation is 1. The van der Waals surface area contributed by atoms with Gasteiger partial charge in [0.2, 0.25) is 0 Å². The van der Waals surface area contributed by atoms with Crippen molar-refractivity contribution in [3.05, 3.63) is 89.0 Å². The van der Waals surface area contributed by atoms with Gasteiger partial charge in [-0.05, 0) is 59.3 Å². The van der Waals surface area contributed by atoms with Crippen LogP contribution in [0.4, 0.5) is 0 Å². The maximum Gasteiger partial charge on any atom is -0.0175 e. The molecule has 0 saturated carbocycles. The van der Waals surface area contributed by atoms with Crippen LogP contribution in [0.2, 0.25) is 0 Å². The van der Waals surface area contributed by atoms with Gasteiger partial charge in [0.1, 0.15) is 0 Å². The summed E-state index contributed by atoms with van der Waals surface area (Å²) in [5, 5.41) is 0. The van der Waals surface area contributed by atoms with Crippen LogP contribution in [0.25, 0.3) is 16.7 Å². The molecule has 4 rings (SSSR count). The van der Waals surface area contributed by atoms with Gasteiger partial charge in [-0.3, -0.25) is 0 Å². The summed E-state index contributed by atoms with van der Waals surface area (Å²) >= 11 is 0. The minimum absolute atomic E-state index is 1.21. The molecule has 0 spiro atoms. The number of fused-ring (bicyclic) bond motifs is 1. The third-order valence-electron chi connectivity index (χ3n) is 4.39. The molecule has 0 unspecified atom stereocenters. The Balaban J connectivity index is 1.64. The van der Waals surface area contributed by atoms with Crippen molar-refractivity contribution in [3.8, 4) is 11.1 Å². The van der Waals surface area contributed by atoms with Crippen LogP contribution in [0.3, 0.4) is 0 Å². The first kappa shape index (κ1) is 12.4. The van der Waals surface area contributed by atoms with E-state index in [0.29, 0.717) is 0 Å². The predicted molar refractivity (Wildman–Crippen MR) is 90.0 cm³/mol. The van der Waals surface area contributed by atoms with E-state index in [-0.39, 0.29) is 0 Å². The van der Waals surface area contributed by atoms with E-state index in [1.54, 1.807) is 0 Å². The molecule has 102 valence electrons. The van der Waals surface area contributed by atoms with E-state index in [0.717, 1.165) is 0 Å². The molecular weight excluding hydrogens is 252 g/mol. The minimum atomic E-state index is 1.21. The summed E-state index contributed by atoms with van der Waals surface area (Å²) in [5.41, 5.74) is 9.48. The minimum Gasteiger partial charge on any atom is -0.0766 e. The van der Waals surface area contributed by atoms with Crippen LogP contribution >= 0.6 is 0 Å². The fourth-order valence-electron chi connectivity index (χ4n) is 3.13. The second-order valence-electron chi connectivity index (χ2n) is 5.91. The molecule has 0 bridgehead atoms. The van der Waals surface area contributed by atoms with Crippen LogP contribution in [0.15, 0.2) is 77.9 Å². The lowest BCUT2D eigenvalue weighted by molar-refractivity contribution is 1.06. The molecule has 0 aromatic heterocycles. The summed E-state index contributed by atoms with van der Waals surface area (Å²) < 4.78 is 0. The van der Waals surface area contributed by atoms with E-state index >= 15 is 0 Å². The Morgan fingerprint density at radius 1 is 0.667 bits per heavy atom. The van der Waals surface area contributed by atoms with E-state index in [2.05, 4.69) is 73.7 Å². The molecule has 21 heavy (non-hydrogen) atoms. The molecule has 0 amide bonds. The van der Waals surface area contributed by atoms with E-state index in [1.165, 1.54) is 51.8 Å². The van der Waals surface area contributed by atoms with Gasteiger partial charge in [0.05, 0.1) is 0 Å². The molecule has 0 N–H and O–H groups in total. The molecule has 0 atom stereocenters. The molecule has 2 aliphatic rings. The highest BCUT2D eigenvalue weighted by atomic mass is 14.2. The molecule has 0 heterocycles. The molecule has 0 radical (unpaired) electrons. The first-order valence-electron chi connectivity index (χ1n) is 7.60. The summed E-state index contributed by atoms with van der Waals surface area (Å²) in [6, 6.07) is 17.6. The topological polar surface area (TPSA) is 0 Å². The van der Waals surface area contributed by atoms with Crippen molar-refractivity contribution in [3.63, 3.8) is 0 Å². The van der Waals surface area contributed by atoms with Gasteiger partial charge in [-0.2, -0.15) is 0 Å². The van der Waals surface area contributed by atoms with Crippen molar-refractivity contribution in [1.29, 1.82) is 0 Å². The SMILES string of the molecule is Cc1ccc(-c2ccc(C3=CC4=CCCC4=C3)cc2)cc1. The first-order chi connectivity index (χ1) is 10.3. The van der Waals surface area contributed by atoms with Gasteiger partial charge < -0.3 is 0 Å². The highest BCUT2D eigenvalue weighted by Gasteiger charge is 2.16. The van der Waals surface area contributed by atoms with Gasteiger partial charge in [-0.25, -0.2) is 0 Å². The van der Waals surface area contributed by atoms with Crippen LogP contribution in [-0.2, 0) is 0 Å². The number of allylic oxidation sites excluding steroid dienone is 6. The summed E-state index contributed by atoms with van der Waals surface area (Å²) in [6.07, 6.45) is 9.43. The van der Waals surface area contributed by atoms with Gasteiger partial charge >= 0.3 is 0 Å². The van der Waals surface area contributed by atoms with Crippen molar-refractivity contribution in [1.82, 2.24) is 0 Å². The lowest BCUT2D eigenvalue weighted by Crippen LogP contribution is -1.82. The van der Waals surface area contributed by atoms with Gasteiger partial charge in [-0.15, -0.1) is 0 Å². The molecular formula is C21H18. The van der Waals surface area contributed by atoms with Crippen molar-refractivity contribution < 1.29 is 0 Å². The first-order valence-corrected chi connectivity index (χ1v) is 7.60. The van der Waals surface area contributed by atoms with E-state index < -0.39 is 0 Å². The van der Waals surface area contributed by atoms with E-state index in [9.17, 15) is 0 Å². The number of hydrogen-bond acceptors (Lipinski definition) is 0. The average molecular weight is 270 g/mol. The van der Waals surface area contributed by atoms with E-state index in [4.69, 9.17) is 0 Å². The second-order valence-corrected chi connectivity index (χ2v) is 5.91. The van der Waals surface area contributed by atoms with Gasteiger partial charge in [0, 0.05) is 0 Å². The molecule has 0 heteroatoms. The fraction of sp³-hybridized carbons (Fsp3) is 0.143. The lowest BCUT2D eigenvalue weighted by Gasteiger charge is -2.05. The highest BCUT2D eigenvalue weighted by molar-refractivity contribution is 5.84. The zero-order chi connectivity index (χ0) is 14.2. The van der Waals surface area contributed by atoms with Crippen LogP contribution in [0, 0.1) is 6.92 Å². The second kappa shape index (κ2) is 4.89. The Hall–Kier alpha value is -2.34. The van der Waals surface area contributed by atoms with Gasteiger partial charge in [0.25, 0.3) is 0 Å². The molecule has 0 nitrogen and oxygen atoms in total. The Morgan fingerprint density at radius 3 is 1.95 bits per heavy atom. The summed E-state index contributed by atoms with van der Waals surface area (Å²) in [5.74, 6) is 0. The standard InChI is InChI=1S/C21H18/c1-15-5-7-16(8-6-15)17-9-11-18(12-10-17)21-13-19-3-2-4-20(19)14-21/h3,5-14H,2,4H2,1H3. The summed E-state index contributed by atoms with van der Waals surface area (Å²) in [4.78, 5) is 0. The van der Waals surface area contributed by atoms with E-state index in [1.807, 2.05) is 0 Å². The third kappa shape index (κ3) is 2.27. The zero-order valence-corrected chi connectivity index (χ0v) is 12.3. The van der Waals surface area contributed by atoms with Crippen LogP contribution in [-0.4, -0.2) is 0 Å². The van der Waals surface area contributed by atoms with Crippen molar-refractivity contribution in [2.45, 2.75) is 19.8 Å². The van der Waals surface area contributed by atoms with Crippen molar-refractivity contribution in [2.24, 2.45) is 0 Å². The van der Waals surface area contributed by atoms with Gasteiger partial charge in [0.15, 0.2) is 0 Å². The monoisotopic (exact) mass is 270 g/mol. The zero-order valence-electron chi connectivity index (χ0n) is 12.3. The molecule has 0 fully saturated rings. The number of benzene rings is 2. The Morgan fingerprint density at radius 2 is 1.29 bits per heavy atom. The Bertz CT molecular complexity index is 766. The smallest absolute Gasteiger partial charge is 0.0175 e. The largest absolute Gasteiger partial charge is 0.0766 e. The average Bonchev–Trinajstić information content (AvgIpc) is 3.10. The highest BCUT2D eigenvalue weighted by Crippen LogP contribution is 2.37. The number of rotatable bonds is 2. The Kier molecular flexibility index (Phi) is 2.89. The lowest BCUT2D eigenvalue weighted by atomic mass is 10.00. The molecule has 2 aromatic rings. The summed E-state index contributed by atoms with van der Waals surface area (Å²) in [7, 11) is 0.